The number of hydrogen-bond acceptors (Lipinski definition) is 0. The van der Waals surface area contributed by atoms with Gasteiger partial charge in [-0.05, 0) is 85.5 Å². The van der Waals surface area contributed by atoms with Gasteiger partial charge in [-0.3, -0.25) is 0 Å². The number of nitrogens with zero attached hydrogens (tertiary/aromatic N) is 1. The number of hydrogen-bond donors (Lipinski definition) is 0. The predicted octanol–water partition coefficient (Wildman–Crippen LogP) is 7.00. The molecule has 150 valence electrons. The molecule has 2 aliphatic rings. The summed E-state index contributed by atoms with van der Waals surface area (Å²) >= 11 is 0. The van der Waals surface area contributed by atoms with E-state index in [9.17, 15) is 0 Å². The molecule has 1 aromatic carbocycles. The summed E-state index contributed by atoms with van der Waals surface area (Å²) in [6.45, 7) is 9.58. The molecule has 1 heteroatoms. The van der Waals surface area contributed by atoms with Gasteiger partial charge >= 0.3 is 0 Å². The van der Waals surface area contributed by atoms with Crippen molar-refractivity contribution in [1.29, 1.82) is 0 Å². The molecule has 0 saturated heterocycles. The van der Waals surface area contributed by atoms with Gasteiger partial charge in [-0.25, -0.2) is 4.57 Å². The average molecular weight is 377 g/mol. The highest BCUT2D eigenvalue weighted by Gasteiger charge is 2.31. The fraction of sp³-hybridized carbons (Fsp3) is 0.593. The Kier molecular flexibility index (Phi) is 5.14. The van der Waals surface area contributed by atoms with Gasteiger partial charge in [-0.15, -0.1) is 0 Å². The molecule has 0 radical (unpaired) electrons. The van der Waals surface area contributed by atoms with Gasteiger partial charge in [0.2, 0.25) is 5.69 Å². The minimum atomic E-state index is 0.393. The monoisotopic (exact) mass is 376 g/mol. The molecule has 2 aromatic rings. The molecule has 2 fully saturated rings. The molecule has 0 aliphatic heterocycles. The maximum Gasteiger partial charge on any atom is 0.212 e. The Morgan fingerprint density at radius 1 is 0.893 bits per heavy atom. The first kappa shape index (κ1) is 19.7. The van der Waals surface area contributed by atoms with E-state index in [0.717, 1.165) is 5.92 Å². The Hall–Kier alpha value is -1.63. The molecule has 1 heterocycles. The van der Waals surface area contributed by atoms with Crippen molar-refractivity contribution in [2.75, 3.05) is 0 Å². The van der Waals surface area contributed by atoms with Crippen LogP contribution in [0.3, 0.4) is 0 Å². The fourth-order valence-electron chi connectivity index (χ4n) is 5.65. The second-order valence-electron chi connectivity index (χ2n) is 10.7. The molecule has 0 unspecified atom stereocenters. The summed E-state index contributed by atoms with van der Waals surface area (Å²) in [5.41, 5.74) is 8.11. The second kappa shape index (κ2) is 7.32. The largest absolute Gasteiger partial charge is 0.212 e. The zero-order valence-electron chi connectivity index (χ0n) is 18.6. The van der Waals surface area contributed by atoms with Crippen LogP contribution >= 0.6 is 0 Å². The highest BCUT2D eigenvalue weighted by molar-refractivity contribution is 5.62. The van der Waals surface area contributed by atoms with Gasteiger partial charge in [-0.1, -0.05) is 45.7 Å². The summed E-state index contributed by atoms with van der Waals surface area (Å²) in [5.74, 6) is 0.735. The van der Waals surface area contributed by atoms with Crippen molar-refractivity contribution >= 4 is 0 Å². The average Bonchev–Trinajstić information content (AvgIpc) is 3.10. The van der Waals surface area contributed by atoms with E-state index >= 15 is 0 Å². The molecule has 1 nitrogen and oxygen atoms in total. The molecular weight excluding hydrogens is 338 g/mol. The normalized spacial score (nSPS) is 21.8. The number of aryl methyl sites for hydroxylation is 2. The van der Waals surface area contributed by atoms with Crippen molar-refractivity contribution in [2.24, 2.45) is 12.5 Å². The molecule has 28 heavy (non-hydrogen) atoms. The number of benzene rings is 1. The standard InChI is InChI=1S/C27H38N/c1-20-18-23(27(4)14-6-7-15-27)9-10-24(20)25-11-8-22(19-28(25)5)21-12-16-26(2,3)17-13-21/h8-11,18-19,21H,6-7,12-17H2,1-5H3/q+1. The summed E-state index contributed by atoms with van der Waals surface area (Å²) < 4.78 is 2.36. The highest BCUT2D eigenvalue weighted by atomic mass is 14.9. The Balaban J connectivity index is 1.58. The Bertz CT molecular complexity index is 845. The third-order valence-corrected chi connectivity index (χ3v) is 7.87. The quantitative estimate of drug-likeness (QED) is 0.508. The smallest absolute Gasteiger partial charge is 0.201 e. The van der Waals surface area contributed by atoms with Gasteiger partial charge in [0.25, 0.3) is 0 Å². The first-order valence-electron chi connectivity index (χ1n) is 11.4. The van der Waals surface area contributed by atoms with Crippen molar-refractivity contribution < 1.29 is 4.57 Å². The van der Waals surface area contributed by atoms with E-state index in [1.54, 1.807) is 0 Å². The first-order valence-corrected chi connectivity index (χ1v) is 11.4. The van der Waals surface area contributed by atoms with Crippen molar-refractivity contribution in [3.8, 4) is 11.3 Å². The van der Waals surface area contributed by atoms with Gasteiger partial charge in [0.1, 0.15) is 7.05 Å². The molecule has 2 saturated carbocycles. The molecular formula is C27H38N+. The maximum atomic E-state index is 2.46. The van der Waals surface area contributed by atoms with Crippen LogP contribution in [0.4, 0.5) is 0 Å². The topological polar surface area (TPSA) is 3.88 Å². The van der Waals surface area contributed by atoms with Crippen LogP contribution in [-0.2, 0) is 12.5 Å². The van der Waals surface area contributed by atoms with Crippen LogP contribution in [0, 0.1) is 12.3 Å². The Labute approximate surface area is 172 Å². The fourth-order valence-corrected chi connectivity index (χ4v) is 5.65. The lowest BCUT2D eigenvalue weighted by Gasteiger charge is -2.34. The van der Waals surface area contributed by atoms with E-state index in [0.29, 0.717) is 10.8 Å². The van der Waals surface area contributed by atoms with Crippen molar-refractivity contribution in [2.45, 2.75) is 90.4 Å². The van der Waals surface area contributed by atoms with Crippen molar-refractivity contribution in [3.05, 3.63) is 53.2 Å². The van der Waals surface area contributed by atoms with E-state index < -0.39 is 0 Å². The van der Waals surface area contributed by atoms with Crippen LogP contribution in [0.2, 0.25) is 0 Å². The lowest BCUT2D eigenvalue weighted by Crippen LogP contribution is -2.32. The van der Waals surface area contributed by atoms with Crippen LogP contribution in [0.15, 0.2) is 36.5 Å². The number of pyridine rings is 1. The lowest BCUT2D eigenvalue weighted by atomic mass is 9.71. The molecule has 4 rings (SSSR count). The van der Waals surface area contributed by atoms with Crippen LogP contribution in [0.1, 0.15) is 94.7 Å². The third-order valence-electron chi connectivity index (χ3n) is 7.87. The zero-order chi connectivity index (χ0) is 19.9. The predicted molar refractivity (Wildman–Crippen MR) is 119 cm³/mol. The first-order chi connectivity index (χ1) is 13.3. The highest BCUT2D eigenvalue weighted by Crippen LogP contribution is 2.43. The summed E-state index contributed by atoms with van der Waals surface area (Å²) in [6, 6.07) is 12.0. The summed E-state index contributed by atoms with van der Waals surface area (Å²) in [4.78, 5) is 0. The zero-order valence-corrected chi connectivity index (χ0v) is 18.6. The number of aromatic nitrogens is 1. The molecule has 0 atom stereocenters. The van der Waals surface area contributed by atoms with Gasteiger partial charge in [0.15, 0.2) is 6.20 Å². The van der Waals surface area contributed by atoms with Crippen LogP contribution < -0.4 is 4.57 Å². The van der Waals surface area contributed by atoms with Gasteiger partial charge in [0, 0.05) is 17.2 Å². The van der Waals surface area contributed by atoms with Crippen LogP contribution in [-0.4, -0.2) is 0 Å². The van der Waals surface area contributed by atoms with E-state index in [2.05, 4.69) is 75.8 Å². The molecule has 0 spiro atoms. The molecule has 0 amide bonds. The molecule has 0 bridgehead atoms. The molecule has 0 N–H and O–H groups in total. The summed E-state index contributed by atoms with van der Waals surface area (Å²) in [5, 5.41) is 0. The Morgan fingerprint density at radius 2 is 1.57 bits per heavy atom. The number of rotatable bonds is 3. The van der Waals surface area contributed by atoms with E-state index in [1.807, 2.05) is 0 Å². The van der Waals surface area contributed by atoms with E-state index in [-0.39, 0.29) is 0 Å². The second-order valence-corrected chi connectivity index (χ2v) is 10.7. The van der Waals surface area contributed by atoms with Gasteiger partial charge < -0.3 is 0 Å². The SMILES string of the molecule is Cc1cc(C2(C)CCCC2)ccc1-c1ccc(C2CCC(C)(C)CC2)c[n+]1C. The summed E-state index contributed by atoms with van der Waals surface area (Å²) in [6.07, 6.45) is 13.2. The third kappa shape index (κ3) is 3.78. The van der Waals surface area contributed by atoms with Gasteiger partial charge in [0.05, 0.1) is 0 Å². The van der Waals surface area contributed by atoms with Gasteiger partial charge in [-0.2, -0.15) is 0 Å². The Morgan fingerprint density at radius 3 is 2.18 bits per heavy atom. The van der Waals surface area contributed by atoms with Crippen LogP contribution in [0.5, 0.6) is 0 Å². The van der Waals surface area contributed by atoms with Crippen molar-refractivity contribution in [3.63, 3.8) is 0 Å². The van der Waals surface area contributed by atoms with Crippen molar-refractivity contribution in [1.82, 2.24) is 0 Å². The molecule has 1 aromatic heterocycles. The minimum Gasteiger partial charge on any atom is -0.201 e. The van der Waals surface area contributed by atoms with Crippen LogP contribution in [0.25, 0.3) is 11.3 Å². The van der Waals surface area contributed by atoms with E-state index in [4.69, 9.17) is 0 Å². The minimum absolute atomic E-state index is 0.393. The maximum absolute atomic E-state index is 2.46. The summed E-state index contributed by atoms with van der Waals surface area (Å²) in [7, 11) is 2.22. The van der Waals surface area contributed by atoms with E-state index in [1.165, 1.54) is 79.3 Å². The molecule has 2 aliphatic carbocycles. The lowest BCUT2D eigenvalue weighted by molar-refractivity contribution is -0.660.